The topological polar surface area (TPSA) is 48.0 Å². The van der Waals surface area contributed by atoms with Gasteiger partial charge in [0, 0.05) is 16.7 Å². The largest absolute Gasteiger partial charge is 0.425 e. The van der Waals surface area contributed by atoms with Crippen LogP contribution in [0.2, 0.25) is 0 Å². The van der Waals surface area contributed by atoms with Crippen LogP contribution in [0, 0.1) is 0 Å². The Kier molecular flexibility index (Phi) is 2.33. The summed E-state index contributed by atoms with van der Waals surface area (Å²) in [6.07, 6.45) is 1.64. The number of pyridine rings is 1. The van der Waals surface area contributed by atoms with Crippen LogP contribution in [-0.4, -0.2) is 9.55 Å². The van der Waals surface area contributed by atoms with Gasteiger partial charge < -0.3 is 4.42 Å². The Morgan fingerprint density at radius 2 is 2.00 bits per heavy atom. The molecule has 3 aromatic rings. The molecule has 0 saturated carbocycles. The molecule has 5 heteroatoms. The Hall–Kier alpha value is -1.88. The Balaban J connectivity index is 2.37. The minimum Gasteiger partial charge on any atom is -0.406 e. The molecular formula is C12H7BrN2O2. The van der Waals surface area contributed by atoms with E-state index in [2.05, 4.69) is 20.9 Å². The van der Waals surface area contributed by atoms with Crippen molar-refractivity contribution in [3.63, 3.8) is 0 Å². The molecule has 0 aliphatic heterocycles. The van der Waals surface area contributed by atoms with E-state index < -0.39 is 5.76 Å². The summed E-state index contributed by atoms with van der Waals surface area (Å²) < 4.78 is 7.37. The lowest BCUT2D eigenvalue weighted by molar-refractivity contribution is 0.540. The van der Waals surface area contributed by atoms with Crippen LogP contribution in [0.5, 0.6) is 0 Å². The molecule has 0 saturated heterocycles. The molecule has 0 spiro atoms. The number of fused-ring (bicyclic) bond motifs is 1. The van der Waals surface area contributed by atoms with Crippen molar-refractivity contribution in [2.24, 2.45) is 0 Å². The van der Waals surface area contributed by atoms with E-state index in [9.17, 15) is 4.79 Å². The number of hydrogen-bond donors (Lipinski definition) is 0. The number of nitrogens with zero attached hydrogens (tertiary/aromatic N) is 2. The summed E-state index contributed by atoms with van der Waals surface area (Å²) >= 11 is 3.29. The third-order valence-corrected chi connectivity index (χ3v) is 2.84. The molecule has 17 heavy (non-hydrogen) atoms. The zero-order valence-electron chi connectivity index (χ0n) is 8.63. The summed E-state index contributed by atoms with van der Waals surface area (Å²) in [4.78, 5) is 16.0. The molecule has 0 aliphatic carbocycles. The lowest BCUT2D eigenvalue weighted by Crippen LogP contribution is -2.11. The van der Waals surface area contributed by atoms with Gasteiger partial charge in [0.1, 0.15) is 0 Å². The maximum absolute atomic E-state index is 11.8. The summed E-state index contributed by atoms with van der Waals surface area (Å²) in [5.74, 6) is -0.434. The Morgan fingerprint density at radius 1 is 1.24 bits per heavy atom. The Morgan fingerprint density at radius 3 is 2.76 bits per heavy atom. The van der Waals surface area contributed by atoms with Crippen LogP contribution < -0.4 is 5.76 Å². The van der Waals surface area contributed by atoms with E-state index in [4.69, 9.17) is 4.42 Å². The fraction of sp³-hybridized carbons (Fsp3) is 0. The van der Waals surface area contributed by atoms with Gasteiger partial charge in [-0.3, -0.25) is 0 Å². The van der Waals surface area contributed by atoms with Gasteiger partial charge in [-0.25, -0.2) is 14.3 Å². The molecule has 4 nitrogen and oxygen atoms in total. The van der Waals surface area contributed by atoms with Gasteiger partial charge in [-0.2, -0.15) is 0 Å². The standard InChI is InChI=1S/C12H7BrN2O2/c13-8-6-10-11(14-7-8)15(12(16)17-10)9-4-2-1-3-5-9/h1-7H. The van der Waals surface area contributed by atoms with E-state index in [0.717, 1.165) is 10.2 Å². The van der Waals surface area contributed by atoms with Crippen LogP contribution >= 0.6 is 15.9 Å². The number of rotatable bonds is 1. The second kappa shape index (κ2) is 3.85. The van der Waals surface area contributed by atoms with Gasteiger partial charge in [0.2, 0.25) is 0 Å². The third kappa shape index (κ3) is 1.68. The van der Waals surface area contributed by atoms with Crippen molar-refractivity contribution < 1.29 is 4.42 Å². The molecule has 0 bridgehead atoms. The molecule has 0 N–H and O–H groups in total. The zero-order chi connectivity index (χ0) is 11.8. The van der Waals surface area contributed by atoms with Crippen molar-refractivity contribution in [2.45, 2.75) is 0 Å². The Labute approximate surface area is 105 Å². The first-order valence-electron chi connectivity index (χ1n) is 4.98. The maximum atomic E-state index is 11.8. The highest BCUT2D eigenvalue weighted by Gasteiger charge is 2.11. The van der Waals surface area contributed by atoms with E-state index in [1.807, 2.05) is 30.3 Å². The van der Waals surface area contributed by atoms with Gasteiger partial charge in [0.25, 0.3) is 0 Å². The van der Waals surface area contributed by atoms with Crippen LogP contribution in [0.15, 0.2) is 56.3 Å². The normalized spacial score (nSPS) is 10.9. The average molecular weight is 291 g/mol. The molecular weight excluding hydrogens is 284 g/mol. The minimum atomic E-state index is -0.434. The van der Waals surface area contributed by atoms with Crippen LogP contribution in [0.25, 0.3) is 16.9 Å². The average Bonchev–Trinajstić information content (AvgIpc) is 2.65. The van der Waals surface area contributed by atoms with Gasteiger partial charge in [-0.1, -0.05) is 18.2 Å². The van der Waals surface area contributed by atoms with Gasteiger partial charge in [0.05, 0.1) is 5.69 Å². The second-order valence-corrected chi connectivity index (χ2v) is 4.43. The van der Waals surface area contributed by atoms with E-state index in [1.54, 1.807) is 12.3 Å². The van der Waals surface area contributed by atoms with Crippen LogP contribution in [0.3, 0.4) is 0 Å². The van der Waals surface area contributed by atoms with E-state index in [0.29, 0.717) is 11.2 Å². The number of hydrogen-bond acceptors (Lipinski definition) is 3. The van der Waals surface area contributed by atoms with Crippen LogP contribution in [0.1, 0.15) is 0 Å². The van der Waals surface area contributed by atoms with Crippen molar-refractivity contribution in [1.82, 2.24) is 9.55 Å². The predicted octanol–water partition coefficient (Wildman–Crippen LogP) is 2.74. The molecule has 0 amide bonds. The summed E-state index contributed by atoms with van der Waals surface area (Å²) in [7, 11) is 0. The van der Waals surface area contributed by atoms with Crippen molar-refractivity contribution in [1.29, 1.82) is 0 Å². The summed E-state index contributed by atoms with van der Waals surface area (Å²) in [6.45, 7) is 0. The fourth-order valence-electron chi connectivity index (χ4n) is 1.69. The van der Waals surface area contributed by atoms with Crippen LogP contribution in [0.4, 0.5) is 0 Å². The Bertz CT molecular complexity index is 731. The highest BCUT2D eigenvalue weighted by molar-refractivity contribution is 9.10. The first-order valence-corrected chi connectivity index (χ1v) is 5.77. The van der Waals surface area contributed by atoms with Crippen molar-refractivity contribution in [2.75, 3.05) is 0 Å². The van der Waals surface area contributed by atoms with E-state index in [-0.39, 0.29) is 0 Å². The smallest absolute Gasteiger partial charge is 0.406 e. The molecule has 2 heterocycles. The van der Waals surface area contributed by atoms with Crippen molar-refractivity contribution in [3.05, 3.63) is 57.6 Å². The SMILES string of the molecule is O=c1oc2cc(Br)cnc2n1-c1ccccc1. The summed E-state index contributed by atoms with van der Waals surface area (Å²) in [5, 5.41) is 0. The van der Waals surface area contributed by atoms with Gasteiger partial charge in [-0.15, -0.1) is 0 Å². The van der Waals surface area contributed by atoms with E-state index >= 15 is 0 Å². The first kappa shape index (κ1) is 10.3. The lowest BCUT2D eigenvalue weighted by Gasteiger charge is -1.99. The van der Waals surface area contributed by atoms with Gasteiger partial charge in [0.15, 0.2) is 11.2 Å². The molecule has 84 valence electrons. The molecule has 0 atom stereocenters. The first-order chi connectivity index (χ1) is 8.25. The van der Waals surface area contributed by atoms with Crippen molar-refractivity contribution in [3.8, 4) is 5.69 Å². The number of halogens is 1. The highest BCUT2D eigenvalue weighted by atomic mass is 79.9. The monoisotopic (exact) mass is 290 g/mol. The molecule has 3 rings (SSSR count). The second-order valence-electron chi connectivity index (χ2n) is 3.51. The summed E-state index contributed by atoms with van der Waals surface area (Å²) in [6, 6.07) is 11.0. The highest BCUT2D eigenvalue weighted by Crippen LogP contribution is 2.18. The molecule has 0 fully saturated rings. The van der Waals surface area contributed by atoms with Crippen molar-refractivity contribution >= 4 is 27.2 Å². The summed E-state index contributed by atoms with van der Waals surface area (Å²) in [5.41, 5.74) is 1.73. The quantitative estimate of drug-likeness (QED) is 0.692. The maximum Gasteiger partial charge on any atom is 0.425 e. The van der Waals surface area contributed by atoms with Crippen LogP contribution in [-0.2, 0) is 0 Å². The predicted molar refractivity (Wildman–Crippen MR) is 67.3 cm³/mol. The number of aromatic nitrogens is 2. The molecule has 0 radical (unpaired) electrons. The molecule has 2 aromatic heterocycles. The minimum absolute atomic E-state index is 0.434. The lowest BCUT2D eigenvalue weighted by atomic mass is 10.3. The molecule has 0 unspecified atom stereocenters. The van der Waals surface area contributed by atoms with E-state index in [1.165, 1.54) is 4.57 Å². The molecule has 1 aromatic carbocycles. The fourth-order valence-corrected chi connectivity index (χ4v) is 2.00. The van der Waals surface area contributed by atoms with Gasteiger partial charge >= 0.3 is 5.76 Å². The number of para-hydroxylation sites is 1. The molecule has 0 aliphatic rings. The third-order valence-electron chi connectivity index (χ3n) is 2.41. The number of benzene rings is 1. The number of oxazole rings is 1. The zero-order valence-corrected chi connectivity index (χ0v) is 10.2. The van der Waals surface area contributed by atoms with Gasteiger partial charge in [-0.05, 0) is 28.1 Å².